The van der Waals surface area contributed by atoms with Crippen LogP contribution in [-0.4, -0.2) is 36.4 Å². The molecular weight excluding hydrogens is 328 g/mol. The maximum absolute atomic E-state index is 10.5. The first-order valence-electron chi connectivity index (χ1n) is 9.82. The molecule has 0 bridgehead atoms. The molecule has 0 spiro atoms. The molecule has 0 saturated carbocycles. The number of ether oxygens (including phenoxy) is 1. The molecule has 2 aromatic rings. The third-order valence-corrected chi connectivity index (χ3v) is 4.82. The molecule has 1 aliphatic rings. The third-order valence-electron chi connectivity index (χ3n) is 4.82. The number of anilines is 1. The lowest BCUT2D eigenvalue weighted by Gasteiger charge is -2.26. The Kier molecular flexibility index (Phi) is 7.09. The zero-order valence-electron chi connectivity index (χ0n) is 15.7. The van der Waals surface area contributed by atoms with E-state index in [0.29, 0.717) is 31.9 Å². The maximum Gasteiger partial charge on any atom is 0.226 e. The fourth-order valence-corrected chi connectivity index (χ4v) is 3.31. The molecule has 1 fully saturated rings. The first-order valence-corrected chi connectivity index (χ1v) is 9.82. The van der Waals surface area contributed by atoms with E-state index in [9.17, 15) is 5.11 Å². The molecule has 5 heteroatoms. The lowest BCUT2D eigenvalue weighted by molar-refractivity contribution is 0.116. The number of oxazole rings is 1. The Hall–Kier alpha value is -1.85. The van der Waals surface area contributed by atoms with Crippen LogP contribution in [0.3, 0.4) is 0 Å². The minimum Gasteiger partial charge on any atom is -0.422 e. The van der Waals surface area contributed by atoms with Crippen LogP contribution >= 0.6 is 0 Å². The molecule has 26 heavy (non-hydrogen) atoms. The smallest absolute Gasteiger partial charge is 0.226 e. The molecule has 0 unspecified atom stereocenters. The van der Waals surface area contributed by atoms with Crippen molar-refractivity contribution in [1.82, 2.24) is 4.98 Å². The largest absolute Gasteiger partial charge is 0.422 e. The van der Waals surface area contributed by atoms with Crippen LogP contribution in [0.15, 0.2) is 34.7 Å². The zero-order valence-corrected chi connectivity index (χ0v) is 15.7. The van der Waals surface area contributed by atoms with E-state index in [1.165, 1.54) is 18.4 Å². The summed E-state index contributed by atoms with van der Waals surface area (Å²) in [5.41, 5.74) is 2.10. The van der Waals surface area contributed by atoms with Crippen LogP contribution in [0, 0.1) is 0 Å². The Morgan fingerprint density at radius 2 is 1.88 bits per heavy atom. The van der Waals surface area contributed by atoms with Gasteiger partial charge in [-0.05, 0) is 12.0 Å². The second-order valence-corrected chi connectivity index (χ2v) is 6.93. The monoisotopic (exact) mass is 358 g/mol. The van der Waals surface area contributed by atoms with E-state index in [0.717, 1.165) is 37.5 Å². The first-order chi connectivity index (χ1) is 12.8. The van der Waals surface area contributed by atoms with E-state index in [1.54, 1.807) is 0 Å². The SMILES string of the molecule is CCCCCC[C@H](O)c1nc(Cc2ccccc2)c(N2CCOCC2)o1. The zero-order chi connectivity index (χ0) is 18.2. The number of rotatable bonds is 9. The van der Waals surface area contributed by atoms with Crippen LogP contribution in [0.5, 0.6) is 0 Å². The number of unbranched alkanes of at least 4 members (excludes halogenated alkanes) is 3. The number of aromatic nitrogens is 1. The Balaban J connectivity index is 1.75. The summed E-state index contributed by atoms with van der Waals surface area (Å²) in [5, 5.41) is 10.5. The minimum absolute atomic E-state index is 0.453. The highest BCUT2D eigenvalue weighted by molar-refractivity contribution is 5.44. The van der Waals surface area contributed by atoms with Gasteiger partial charge in [0.25, 0.3) is 0 Å². The molecule has 1 aliphatic heterocycles. The van der Waals surface area contributed by atoms with Crippen LogP contribution in [0.2, 0.25) is 0 Å². The van der Waals surface area contributed by atoms with Gasteiger partial charge in [0.2, 0.25) is 11.8 Å². The Morgan fingerprint density at radius 1 is 1.12 bits per heavy atom. The second kappa shape index (κ2) is 9.74. The number of hydrogen-bond acceptors (Lipinski definition) is 5. The molecule has 142 valence electrons. The third kappa shape index (κ3) is 5.08. The number of nitrogens with zero attached hydrogens (tertiary/aromatic N) is 2. The van der Waals surface area contributed by atoms with Crippen molar-refractivity contribution >= 4 is 5.88 Å². The lowest BCUT2D eigenvalue weighted by atomic mass is 10.1. The van der Waals surface area contributed by atoms with Crippen LogP contribution in [0.25, 0.3) is 0 Å². The van der Waals surface area contributed by atoms with Gasteiger partial charge >= 0.3 is 0 Å². The highest BCUT2D eigenvalue weighted by Crippen LogP contribution is 2.30. The minimum atomic E-state index is -0.629. The Bertz CT molecular complexity index is 651. The molecule has 3 rings (SSSR count). The summed E-state index contributed by atoms with van der Waals surface area (Å²) in [7, 11) is 0. The molecule has 0 amide bonds. The van der Waals surface area contributed by atoms with E-state index in [4.69, 9.17) is 9.15 Å². The summed E-state index contributed by atoms with van der Waals surface area (Å²) >= 11 is 0. The first kappa shape index (κ1) is 18.9. The van der Waals surface area contributed by atoms with Gasteiger partial charge in [-0.3, -0.25) is 0 Å². The number of hydrogen-bond donors (Lipinski definition) is 1. The molecule has 1 aromatic carbocycles. The molecule has 1 N–H and O–H groups in total. The van der Waals surface area contributed by atoms with Gasteiger partial charge in [-0.1, -0.05) is 62.9 Å². The highest BCUT2D eigenvalue weighted by atomic mass is 16.5. The fraction of sp³-hybridized carbons (Fsp3) is 0.571. The van der Waals surface area contributed by atoms with E-state index in [1.807, 2.05) is 18.2 Å². The molecule has 1 aromatic heterocycles. The predicted molar refractivity (Wildman–Crippen MR) is 103 cm³/mol. The van der Waals surface area contributed by atoms with Crippen molar-refractivity contribution in [2.24, 2.45) is 0 Å². The number of aliphatic hydroxyl groups is 1. The van der Waals surface area contributed by atoms with Crippen LogP contribution in [0.4, 0.5) is 5.88 Å². The average molecular weight is 358 g/mol. The number of aliphatic hydroxyl groups excluding tert-OH is 1. The molecule has 5 nitrogen and oxygen atoms in total. The van der Waals surface area contributed by atoms with Gasteiger partial charge in [0, 0.05) is 19.5 Å². The quantitative estimate of drug-likeness (QED) is 0.684. The fourth-order valence-electron chi connectivity index (χ4n) is 3.31. The van der Waals surface area contributed by atoms with Gasteiger partial charge in [0.15, 0.2) is 0 Å². The van der Waals surface area contributed by atoms with E-state index >= 15 is 0 Å². The van der Waals surface area contributed by atoms with Crippen LogP contribution in [0.1, 0.15) is 62.3 Å². The van der Waals surface area contributed by atoms with Gasteiger partial charge < -0.3 is 19.2 Å². The van der Waals surface area contributed by atoms with Crippen LogP contribution < -0.4 is 4.90 Å². The van der Waals surface area contributed by atoms with E-state index in [2.05, 4.69) is 28.9 Å². The van der Waals surface area contributed by atoms with Gasteiger partial charge in [-0.25, -0.2) is 4.98 Å². The van der Waals surface area contributed by atoms with Gasteiger partial charge in [0.05, 0.1) is 13.2 Å². The molecule has 2 heterocycles. The van der Waals surface area contributed by atoms with Gasteiger partial charge in [-0.15, -0.1) is 0 Å². The van der Waals surface area contributed by atoms with Crippen molar-refractivity contribution < 1.29 is 14.3 Å². The normalized spacial score (nSPS) is 16.0. The molecule has 0 radical (unpaired) electrons. The van der Waals surface area contributed by atoms with Crippen LogP contribution in [-0.2, 0) is 11.2 Å². The number of benzene rings is 1. The van der Waals surface area contributed by atoms with Gasteiger partial charge in [0.1, 0.15) is 11.8 Å². The molecule has 1 atom stereocenters. The van der Waals surface area contributed by atoms with Crippen molar-refractivity contribution in [2.75, 3.05) is 31.2 Å². The molecule has 0 aliphatic carbocycles. The predicted octanol–water partition coefficient (Wildman–Crippen LogP) is 4.11. The van der Waals surface area contributed by atoms with Crippen molar-refractivity contribution in [1.29, 1.82) is 0 Å². The lowest BCUT2D eigenvalue weighted by Crippen LogP contribution is -2.36. The topological polar surface area (TPSA) is 58.7 Å². The standard InChI is InChI=1S/C21H30N2O3/c1-2-3-4-8-11-19(24)20-22-18(16-17-9-6-5-7-10-17)21(26-20)23-12-14-25-15-13-23/h5-7,9-10,19,24H,2-4,8,11-16H2,1H3/t19-/m0/s1. The van der Waals surface area contributed by atoms with Crippen molar-refractivity contribution in [3.8, 4) is 0 Å². The Morgan fingerprint density at radius 3 is 2.62 bits per heavy atom. The summed E-state index contributed by atoms with van der Waals surface area (Å²) in [6, 6.07) is 10.3. The van der Waals surface area contributed by atoms with Crippen molar-refractivity contribution in [3.05, 3.63) is 47.5 Å². The van der Waals surface area contributed by atoms with Crippen molar-refractivity contribution in [2.45, 2.75) is 51.6 Å². The maximum atomic E-state index is 10.5. The van der Waals surface area contributed by atoms with E-state index in [-0.39, 0.29) is 0 Å². The van der Waals surface area contributed by atoms with Gasteiger partial charge in [-0.2, -0.15) is 0 Å². The average Bonchev–Trinajstić information content (AvgIpc) is 3.10. The highest BCUT2D eigenvalue weighted by Gasteiger charge is 2.24. The van der Waals surface area contributed by atoms with E-state index < -0.39 is 6.10 Å². The number of morpholine rings is 1. The second-order valence-electron chi connectivity index (χ2n) is 6.93. The summed E-state index contributed by atoms with van der Waals surface area (Å²) < 4.78 is 11.5. The Labute approximate surface area is 156 Å². The summed E-state index contributed by atoms with van der Waals surface area (Å²) in [4.78, 5) is 6.86. The van der Waals surface area contributed by atoms with Crippen molar-refractivity contribution in [3.63, 3.8) is 0 Å². The molecule has 1 saturated heterocycles. The summed E-state index contributed by atoms with van der Waals surface area (Å²) in [6.45, 7) is 5.17. The summed E-state index contributed by atoms with van der Waals surface area (Å²) in [5.74, 6) is 1.24. The summed E-state index contributed by atoms with van der Waals surface area (Å²) in [6.07, 6.45) is 5.32. The molecular formula is C21H30N2O3.